The van der Waals surface area contributed by atoms with Crippen LogP contribution in [0, 0.1) is 6.92 Å². The van der Waals surface area contributed by atoms with Crippen molar-refractivity contribution in [2.45, 2.75) is 6.92 Å². The van der Waals surface area contributed by atoms with Crippen LogP contribution in [-0.2, 0) is 0 Å². The van der Waals surface area contributed by atoms with Gasteiger partial charge < -0.3 is 4.42 Å². The summed E-state index contributed by atoms with van der Waals surface area (Å²) in [5, 5.41) is 1.39. The lowest BCUT2D eigenvalue weighted by Crippen LogP contribution is -2.02. The van der Waals surface area contributed by atoms with Crippen molar-refractivity contribution in [2.75, 3.05) is 0 Å². The highest BCUT2D eigenvalue weighted by molar-refractivity contribution is 6.35. The van der Waals surface area contributed by atoms with Gasteiger partial charge in [-0.3, -0.25) is 4.79 Å². The number of rotatable bonds is 2. The Balaban J connectivity index is 2.17. The first-order valence-electron chi connectivity index (χ1n) is 5.96. The van der Waals surface area contributed by atoms with Gasteiger partial charge in [-0.15, -0.1) is 0 Å². The number of halogens is 1. The highest BCUT2D eigenvalue weighted by atomic mass is 35.5. The smallest absolute Gasteiger partial charge is 0.229 e. The second-order valence-corrected chi connectivity index (χ2v) is 4.77. The molecule has 1 aromatic heterocycles. The molecule has 3 rings (SSSR count). The monoisotopic (exact) mass is 270 g/mol. The number of ketones is 1. The number of fused-ring (bicyclic) bond motifs is 1. The summed E-state index contributed by atoms with van der Waals surface area (Å²) in [6.45, 7) is 1.88. The number of carbonyl (C=O) groups excluding carboxylic acids is 1. The molecule has 0 spiro atoms. The molecular weight excluding hydrogens is 260 g/mol. The number of carbonyl (C=O) groups is 1. The second-order valence-electron chi connectivity index (χ2n) is 4.36. The minimum absolute atomic E-state index is 0.181. The number of hydrogen-bond acceptors (Lipinski definition) is 2. The van der Waals surface area contributed by atoms with E-state index in [-0.39, 0.29) is 5.78 Å². The Morgan fingerprint density at radius 1 is 1.05 bits per heavy atom. The third-order valence-electron chi connectivity index (χ3n) is 3.17. The van der Waals surface area contributed by atoms with Gasteiger partial charge in [0.25, 0.3) is 0 Å². The molecule has 0 fully saturated rings. The van der Waals surface area contributed by atoms with Crippen LogP contribution in [0.3, 0.4) is 0 Å². The van der Waals surface area contributed by atoms with Gasteiger partial charge in [0.1, 0.15) is 5.58 Å². The molecule has 0 bridgehead atoms. The van der Waals surface area contributed by atoms with Crippen molar-refractivity contribution < 1.29 is 9.21 Å². The molecule has 0 amide bonds. The van der Waals surface area contributed by atoms with Crippen LogP contribution < -0.4 is 0 Å². The number of hydrogen-bond donors (Lipinski definition) is 0. The molecule has 3 heteroatoms. The molecule has 0 aliphatic rings. The maximum absolute atomic E-state index is 12.5. The van der Waals surface area contributed by atoms with E-state index >= 15 is 0 Å². The van der Waals surface area contributed by atoms with Crippen molar-refractivity contribution in [3.05, 3.63) is 70.4 Å². The van der Waals surface area contributed by atoms with Crippen molar-refractivity contribution in [3.63, 3.8) is 0 Å². The zero-order valence-electron chi connectivity index (χ0n) is 10.3. The molecule has 2 aromatic carbocycles. The van der Waals surface area contributed by atoms with Gasteiger partial charge >= 0.3 is 0 Å². The van der Waals surface area contributed by atoms with Crippen molar-refractivity contribution in [1.29, 1.82) is 0 Å². The molecule has 0 saturated carbocycles. The molecule has 0 aliphatic carbocycles. The Labute approximate surface area is 115 Å². The molecule has 0 radical (unpaired) electrons. The molecule has 0 saturated heterocycles. The summed E-state index contributed by atoms with van der Waals surface area (Å²) in [4.78, 5) is 12.5. The fraction of sp³-hybridized carbons (Fsp3) is 0.0625. The van der Waals surface area contributed by atoms with Crippen LogP contribution in [0.15, 0.2) is 52.9 Å². The van der Waals surface area contributed by atoms with Gasteiger partial charge in [-0.2, -0.15) is 0 Å². The van der Waals surface area contributed by atoms with Gasteiger partial charge in [0.2, 0.25) is 5.78 Å². The Hall–Kier alpha value is -2.06. The van der Waals surface area contributed by atoms with Crippen LogP contribution >= 0.6 is 11.6 Å². The van der Waals surface area contributed by atoms with E-state index in [4.69, 9.17) is 16.0 Å². The lowest BCUT2D eigenvalue weighted by molar-refractivity contribution is 0.101. The summed E-state index contributed by atoms with van der Waals surface area (Å²) in [7, 11) is 0. The maximum Gasteiger partial charge on any atom is 0.229 e. The minimum Gasteiger partial charge on any atom is -0.452 e. The van der Waals surface area contributed by atoms with Crippen molar-refractivity contribution in [3.8, 4) is 0 Å². The summed E-state index contributed by atoms with van der Waals surface area (Å²) in [5.41, 5.74) is 2.03. The van der Waals surface area contributed by atoms with E-state index in [1.54, 1.807) is 24.3 Å². The predicted molar refractivity (Wildman–Crippen MR) is 75.8 cm³/mol. The van der Waals surface area contributed by atoms with Crippen molar-refractivity contribution in [2.24, 2.45) is 0 Å². The van der Waals surface area contributed by atoms with E-state index in [0.717, 1.165) is 16.5 Å². The highest BCUT2D eigenvalue weighted by Gasteiger charge is 2.20. The molecular formula is C16H11ClO2. The topological polar surface area (TPSA) is 30.2 Å². The molecule has 19 heavy (non-hydrogen) atoms. The zero-order valence-corrected chi connectivity index (χ0v) is 11.1. The average Bonchev–Trinajstić information content (AvgIpc) is 2.77. The Kier molecular flexibility index (Phi) is 2.88. The van der Waals surface area contributed by atoms with Gasteiger partial charge in [-0.05, 0) is 25.1 Å². The lowest BCUT2D eigenvalue weighted by Gasteiger charge is -2.01. The second kappa shape index (κ2) is 4.56. The Morgan fingerprint density at radius 2 is 1.74 bits per heavy atom. The quantitative estimate of drug-likeness (QED) is 0.636. The van der Waals surface area contributed by atoms with Gasteiger partial charge in [0, 0.05) is 16.5 Å². The SMILES string of the molecule is Cc1c(C(=O)c2ccccc2Cl)oc2ccccc12. The van der Waals surface area contributed by atoms with Gasteiger partial charge in [-0.1, -0.05) is 41.9 Å². The summed E-state index contributed by atoms with van der Waals surface area (Å²) in [6.07, 6.45) is 0. The average molecular weight is 271 g/mol. The largest absolute Gasteiger partial charge is 0.452 e. The third kappa shape index (κ3) is 1.94. The summed E-state index contributed by atoms with van der Waals surface area (Å²) in [5.74, 6) is 0.175. The summed E-state index contributed by atoms with van der Waals surface area (Å²) >= 11 is 6.06. The van der Waals surface area contributed by atoms with E-state index < -0.39 is 0 Å². The minimum atomic E-state index is -0.181. The van der Waals surface area contributed by atoms with E-state index in [9.17, 15) is 4.79 Å². The fourth-order valence-electron chi connectivity index (χ4n) is 2.16. The number of benzene rings is 2. The molecule has 0 aliphatic heterocycles. The van der Waals surface area contributed by atoms with E-state index in [0.29, 0.717) is 16.3 Å². The molecule has 0 unspecified atom stereocenters. The van der Waals surface area contributed by atoms with Gasteiger partial charge in [-0.25, -0.2) is 0 Å². The fourth-order valence-corrected chi connectivity index (χ4v) is 2.38. The molecule has 0 N–H and O–H groups in total. The zero-order chi connectivity index (χ0) is 13.4. The predicted octanol–water partition coefficient (Wildman–Crippen LogP) is 4.63. The first-order chi connectivity index (χ1) is 9.18. The van der Waals surface area contributed by atoms with Crippen LogP contribution in [0.4, 0.5) is 0 Å². The Bertz CT molecular complexity index is 771. The van der Waals surface area contributed by atoms with Gasteiger partial charge in [0.05, 0.1) is 5.02 Å². The molecule has 3 aromatic rings. The molecule has 0 atom stereocenters. The summed E-state index contributed by atoms with van der Waals surface area (Å²) < 4.78 is 5.66. The standard InChI is InChI=1S/C16H11ClO2/c1-10-11-6-3-5-9-14(11)19-16(10)15(18)12-7-2-4-8-13(12)17/h2-9H,1H3. The number of furan rings is 1. The number of aryl methyl sites for hydroxylation is 1. The van der Waals surface area contributed by atoms with Crippen molar-refractivity contribution >= 4 is 28.4 Å². The van der Waals surface area contributed by atoms with E-state index in [1.807, 2.05) is 31.2 Å². The van der Waals surface area contributed by atoms with Crippen molar-refractivity contribution in [1.82, 2.24) is 0 Å². The molecule has 1 heterocycles. The van der Waals surface area contributed by atoms with Crippen LogP contribution in [0.25, 0.3) is 11.0 Å². The summed E-state index contributed by atoms with van der Waals surface area (Å²) in [6, 6.07) is 14.6. The van der Waals surface area contributed by atoms with Crippen LogP contribution in [-0.4, -0.2) is 5.78 Å². The lowest BCUT2D eigenvalue weighted by atomic mass is 10.0. The third-order valence-corrected chi connectivity index (χ3v) is 3.50. The van der Waals surface area contributed by atoms with Crippen LogP contribution in [0.1, 0.15) is 21.7 Å². The number of para-hydroxylation sites is 1. The van der Waals surface area contributed by atoms with Gasteiger partial charge in [0.15, 0.2) is 5.76 Å². The van der Waals surface area contributed by atoms with E-state index in [2.05, 4.69) is 0 Å². The van der Waals surface area contributed by atoms with Crippen LogP contribution in [0.2, 0.25) is 5.02 Å². The first kappa shape index (κ1) is 12.0. The maximum atomic E-state index is 12.5. The molecule has 2 nitrogen and oxygen atoms in total. The first-order valence-corrected chi connectivity index (χ1v) is 6.33. The Morgan fingerprint density at radius 3 is 2.47 bits per heavy atom. The van der Waals surface area contributed by atoms with Crippen LogP contribution in [0.5, 0.6) is 0 Å². The molecule has 94 valence electrons. The normalized spacial score (nSPS) is 10.8. The highest BCUT2D eigenvalue weighted by Crippen LogP contribution is 2.28. The van der Waals surface area contributed by atoms with E-state index in [1.165, 1.54) is 0 Å².